The molecule has 0 aliphatic rings. The van der Waals surface area contributed by atoms with Gasteiger partial charge in [0.2, 0.25) is 10.0 Å². The Morgan fingerprint density at radius 2 is 1.84 bits per heavy atom. The fourth-order valence-electron chi connectivity index (χ4n) is 1.56. The van der Waals surface area contributed by atoms with Crippen molar-refractivity contribution in [1.82, 2.24) is 4.72 Å². The van der Waals surface area contributed by atoms with E-state index in [1.54, 1.807) is 24.3 Å². The number of hydrogen-bond donors (Lipinski definition) is 2. The zero-order chi connectivity index (χ0) is 14.5. The number of nitrogens with one attached hydrogen (secondary N) is 1. The number of rotatable bonds is 7. The molecule has 0 aliphatic carbocycles. The van der Waals surface area contributed by atoms with E-state index >= 15 is 0 Å². The second-order valence-electron chi connectivity index (χ2n) is 4.62. The van der Waals surface area contributed by atoms with Crippen molar-refractivity contribution in [3.8, 4) is 0 Å². The van der Waals surface area contributed by atoms with Gasteiger partial charge in [0.05, 0.1) is 4.90 Å². The smallest absolute Gasteiger partial charge is 0.303 e. The topological polar surface area (TPSA) is 83.5 Å². The van der Waals surface area contributed by atoms with Gasteiger partial charge in [0.1, 0.15) is 0 Å². The van der Waals surface area contributed by atoms with Crippen molar-refractivity contribution in [2.24, 2.45) is 0 Å². The first kappa shape index (κ1) is 15.7. The lowest BCUT2D eigenvalue weighted by Crippen LogP contribution is -2.25. The van der Waals surface area contributed by atoms with Crippen LogP contribution >= 0.6 is 0 Å². The summed E-state index contributed by atoms with van der Waals surface area (Å²) in [5, 5.41) is 8.47. The highest BCUT2D eigenvalue weighted by Gasteiger charge is 2.13. The molecule has 0 aromatic heterocycles. The van der Waals surface area contributed by atoms with Crippen LogP contribution in [0.4, 0.5) is 0 Å². The van der Waals surface area contributed by atoms with Crippen molar-refractivity contribution >= 4 is 16.0 Å². The van der Waals surface area contributed by atoms with E-state index in [1.807, 2.05) is 13.8 Å². The summed E-state index contributed by atoms with van der Waals surface area (Å²) in [6.07, 6.45) is 0.230. The van der Waals surface area contributed by atoms with Crippen molar-refractivity contribution < 1.29 is 18.3 Å². The first-order valence-corrected chi connectivity index (χ1v) is 7.62. The van der Waals surface area contributed by atoms with Crippen LogP contribution in [0, 0.1) is 0 Å². The molecule has 2 N–H and O–H groups in total. The Hall–Kier alpha value is -1.40. The van der Waals surface area contributed by atoms with E-state index in [1.165, 1.54) is 0 Å². The van der Waals surface area contributed by atoms with Gasteiger partial charge in [0.15, 0.2) is 0 Å². The minimum absolute atomic E-state index is 0.0468. The van der Waals surface area contributed by atoms with E-state index < -0.39 is 16.0 Å². The SMILES string of the molecule is CC(C)c1ccc(S(=O)(=O)NCCCC(=O)O)cc1. The normalized spacial score (nSPS) is 11.7. The third-order valence-corrected chi connectivity index (χ3v) is 4.19. The van der Waals surface area contributed by atoms with Crippen LogP contribution in [0.25, 0.3) is 0 Å². The van der Waals surface area contributed by atoms with Crippen LogP contribution in [0.15, 0.2) is 29.2 Å². The number of carbonyl (C=O) groups is 1. The molecule has 1 aromatic carbocycles. The second-order valence-corrected chi connectivity index (χ2v) is 6.39. The van der Waals surface area contributed by atoms with Gasteiger partial charge in [-0.25, -0.2) is 13.1 Å². The molecule has 0 amide bonds. The van der Waals surface area contributed by atoms with Gasteiger partial charge in [0.25, 0.3) is 0 Å². The van der Waals surface area contributed by atoms with E-state index in [4.69, 9.17) is 5.11 Å². The summed E-state index contributed by atoms with van der Waals surface area (Å²) in [5.74, 6) is -0.583. The zero-order valence-electron chi connectivity index (χ0n) is 11.1. The number of hydrogen-bond acceptors (Lipinski definition) is 3. The van der Waals surface area contributed by atoms with Gasteiger partial charge in [-0.2, -0.15) is 0 Å². The van der Waals surface area contributed by atoms with Crippen molar-refractivity contribution in [2.75, 3.05) is 6.54 Å². The molecule has 1 rings (SSSR count). The van der Waals surface area contributed by atoms with Crippen LogP contribution in [0.1, 0.15) is 38.2 Å². The van der Waals surface area contributed by atoms with Crippen LogP contribution in [0.5, 0.6) is 0 Å². The van der Waals surface area contributed by atoms with E-state index in [0.29, 0.717) is 5.92 Å². The molecule has 0 atom stereocenters. The minimum Gasteiger partial charge on any atom is -0.481 e. The Labute approximate surface area is 113 Å². The van der Waals surface area contributed by atoms with Gasteiger partial charge in [-0.1, -0.05) is 26.0 Å². The Morgan fingerprint density at radius 3 is 2.32 bits per heavy atom. The third-order valence-electron chi connectivity index (χ3n) is 2.72. The van der Waals surface area contributed by atoms with Gasteiger partial charge in [-0.3, -0.25) is 4.79 Å². The molecule has 0 spiro atoms. The van der Waals surface area contributed by atoms with E-state index in [0.717, 1.165) is 5.56 Å². The lowest BCUT2D eigenvalue weighted by molar-refractivity contribution is -0.137. The van der Waals surface area contributed by atoms with Crippen LogP contribution in [0.3, 0.4) is 0 Å². The summed E-state index contributed by atoms with van der Waals surface area (Å²) in [7, 11) is -3.54. The number of carboxylic acids is 1. The molecule has 0 fully saturated rings. The number of benzene rings is 1. The Bertz CT molecular complexity index is 520. The summed E-state index contributed by atoms with van der Waals surface area (Å²) < 4.78 is 26.2. The molecule has 0 unspecified atom stereocenters. The summed E-state index contributed by atoms with van der Waals surface area (Å²) in [6, 6.07) is 6.71. The summed E-state index contributed by atoms with van der Waals surface area (Å²) in [4.78, 5) is 10.5. The van der Waals surface area contributed by atoms with Gasteiger partial charge >= 0.3 is 5.97 Å². The molecule has 0 aliphatic heterocycles. The van der Waals surface area contributed by atoms with Crippen molar-refractivity contribution in [2.45, 2.75) is 37.5 Å². The molecule has 0 bridgehead atoms. The van der Waals surface area contributed by atoms with Crippen molar-refractivity contribution in [1.29, 1.82) is 0 Å². The predicted octanol–water partition coefficient (Wildman–Crippen LogP) is 1.95. The Morgan fingerprint density at radius 1 is 1.26 bits per heavy atom. The quantitative estimate of drug-likeness (QED) is 0.750. The van der Waals surface area contributed by atoms with Crippen molar-refractivity contribution in [3.05, 3.63) is 29.8 Å². The van der Waals surface area contributed by atoms with E-state index in [-0.39, 0.29) is 24.3 Å². The molecule has 106 valence electrons. The molecule has 0 radical (unpaired) electrons. The molecule has 5 nitrogen and oxygen atoms in total. The first-order chi connectivity index (χ1) is 8.83. The predicted molar refractivity (Wildman–Crippen MR) is 72.6 cm³/mol. The highest BCUT2D eigenvalue weighted by atomic mass is 32.2. The van der Waals surface area contributed by atoms with Crippen LogP contribution in [-0.4, -0.2) is 26.0 Å². The monoisotopic (exact) mass is 285 g/mol. The number of aliphatic carboxylic acids is 1. The third kappa shape index (κ3) is 5.00. The molecule has 6 heteroatoms. The Kier molecular flexibility index (Phi) is 5.50. The van der Waals surface area contributed by atoms with Crippen molar-refractivity contribution in [3.63, 3.8) is 0 Å². The highest BCUT2D eigenvalue weighted by molar-refractivity contribution is 7.89. The fraction of sp³-hybridized carbons (Fsp3) is 0.462. The maximum absolute atomic E-state index is 11.9. The van der Waals surface area contributed by atoms with Crippen LogP contribution < -0.4 is 4.72 Å². The maximum Gasteiger partial charge on any atom is 0.303 e. The maximum atomic E-state index is 11.9. The lowest BCUT2D eigenvalue weighted by atomic mass is 10.0. The average molecular weight is 285 g/mol. The lowest BCUT2D eigenvalue weighted by Gasteiger charge is -2.08. The number of sulfonamides is 1. The van der Waals surface area contributed by atoms with E-state index in [2.05, 4.69) is 4.72 Å². The largest absolute Gasteiger partial charge is 0.481 e. The standard InChI is InChI=1S/C13H19NO4S/c1-10(2)11-5-7-12(8-6-11)19(17,18)14-9-3-4-13(15)16/h5-8,10,14H,3-4,9H2,1-2H3,(H,15,16). The van der Waals surface area contributed by atoms with Crippen LogP contribution in [0.2, 0.25) is 0 Å². The summed E-state index contributed by atoms with van der Waals surface area (Å²) in [5.41, 5.74) is 1.07. The van der Waals surface area contributed by atoms with E-state index in [9.17, 15) is 13.2 Å². The molecule has 19 heavy (non-hydrogen) atoms. The first-order valence-electron chi connectivity index (χ1n) is 6.14. The fourth-order valence-corrected chi connectivity index (χ4v) is 2.64. The zero-order valence-corrected chi connectivity index (χ0v) is 11.9. The molecule has 0 saturated heterocycles. The van der Waals surface area contributed by atoms with Gasteiger partial charge in [-0.05, 0) is 30.0 Å². The molecule has 0 saturated carbocycles. The summed E-state index contributed by atoms with van der Waals surface area (Å²) in [6.45, 7) is 4.20. The molecule has 1 aromatic rings. The highest BCUT2D eigenvalue weighted by Crippen LogP contribution is 2.17. The number of carboxylic acid groups (broad SMARTS) is 1. The average Bonchev–Trinajstić information content (AvgIpc) is 2.34. The second kappa shape index (κ2) is 6.68. The molecule has 0 heterocycles. The minimum atomic E-state index is -3.54. The molecular formula is C13H19NO4S. The molecular weight excluding hydrogens is 266 g/mol. The van der Waals surface area contributed by atoms with Crippen LogP contribution in [-0.2, 0) is 14.8 Å². The Balaban J connectivity index is 2.64. The van der Waals surface area contributed by atoms with Gasteiger partial charge in [-0.15, -0.1) is 0 Å². The van der Waals surface area contributed by atoms with Gasteiger partial charge in [0, 0.05) is 13.0 Å². The summed E-state index contributed by atoms with van der Waals surface area (Å²) >= 11 is 0. The van der Waals surface area contributed by atoms with Gasteiger partial charge < -0.3 is 5.11 Å².